The Kier molecular flexibility index (Phi) is 9.30. The lowest BCUT2D eigenvalue weighted by Crippen LogP contribution is -2.39. The number of hydrogen-bond acceptors (Lipinski definition) is 5. The van der Waals surface area contributed by atoms with Gasteiger partial charge in [-0.25, -0.2) is 14.4 Å². The second-order valence-electron chi connectivity index (χ2n) is 10.3. The van der Waals surface area contributed by atoms with E-state index in [-0.39, 0.29) is 40.8 Å². The molecule has 0 aliphatic carbocycles. The number of nitrogens with one attached hydrogen (secondary N) is 2. The van der Waals surface area contributed by atoms with Gasteiger partial charge in [0.05, 0.1) is 12.4 Å². The van der Waals surface area contributed by atoms with Crippen molar-refractivity contribution < 1.29 is 13.9 Å². The SMILES string of the molecule is CCC(CC(=N)C(C)(C)C)C(C)(c1cccc(NC(=O)c2cnc(OCCF)cn2)c1)C(C)C. The van der Waals surface area contributed by atoms with Gasteiger partial charge in [0.2, 0.25) is 5.88 Å². The van der Waals surface area contributed by atoms with E-state index < -0.39 is 6.67 Å². The van der Waals surface area contributed by atoms with E-state index in [1.54, 1.807) is 0 Å². The molecule has 0 aliphatic rings. The third kappa shape index (κ3) is 6.61. The second kappa shape index (κ2) is 11.5. The molecule has 2 aromatic rings. The predicted molar refractivity (Wildman–Crippen MR) is 136 cm³/mol. The lowest BCUT2D eigenvalue weighted by Gasteiger charge is -2.43. The Hall–Kier alpha value is -2.83. The first kappa shape index (κ1) is 27.4. The largest absolute Gasteiger partial charge is 0.474 e. The van der Waals surface area contributed by atoms with E-state index in [2.05, 4.69) is 69.8 Å². The number of nitrogens with zero attached hydrogens (tertiary/aromatic N) is 2. The van der Waals surface area contributed by atoms with Gasteiger partial charge in [0.25, 0.3) is 5.91 Å². The summed E-state index contributed by atoms with van der Waals surface area (Å²) < 4.78 is 17.3. The monoisotopic (exact) mass is 470 g/mol. The number of amides is 1. The topological polar surface area (TPSA) is 88.0 Å². The maximum Gasteiger partial charge on any atom is 0.275 e. The Balaban J connectivity index is 2.27. The van der Waals surface area contributed by atoms with Crippen molar-refractivity contribution in [3.63, 3.8) is 0 Å². The highest BCUT2D eigenvalue weighted by atomic mass is 19.1. The quantitative estimate of drug-likeness (QED) is 0.368. The molecular weight excluding hydrogens is 431 g/mol. The van der Waals surface area contributed by atoms with Crippen LogP contribution in [0.25, 0.3) is 0 Å². The predicted octanol–water partition coefficient (Wildman–Crippen LogP) is 6.47. The fraction of sp³-hybridized carbons (Fsp3) is 0.556. The van der Waals surface area contributed by atoms with E-state index in [0.29, 0.717) is 11.6 Å². The van der Waals surface area contributed by atoms with Gasteiger partial charge in [-0.05, 0) is 46.8 Å². The van der Waals surface area contributed by atoms with E-state index >= 15 is 0 Å². The highest BCUT2D eigenvalue weighted by molar-refractivity contribution is 6.02. The smallest absolute Gasteiger partial charge is 0.275 e. The number of aromatic nitrogens is 2. The van der Waals surface area contributed by atoms with Crippen molar-refractivity contribution in [1.29, 1.82) is 5.41 Å². The number of ether oxygens (including phenoxy) is 1. The average Bonchev–Trinajstić information content (AvgIpc) is 2.80. The van der Waals surface area contributed by atoms with Crippen molar-refractivity contribution >= 4 is 17.3 Å². The van der Waals surface area contributed by atoms with Gasteiger partial charge in [-0.3, -0.25) is 4.79 Å². The molecule has 1 aromatic heterocycles. The van der Waals surface area contributed by atoms with Crippen molar-refractivity contribution in [3.8, 4) is 5.88 Å². The van der Waals surface area contributed by atoms with Gasteiger partial charge in [0.15, 0.2) is 0 Å². The summed E-state index contributed by atoms with van der Waals surface area (Å²) in [5.74, 6) is 0.414. The number of alkyl halides is 1. The molecule has 2 rings (SSSR count). The average molecular weight is 471 g/mol. The van der Waals surface area contributed by atoms with Gasteiger partial charge in [0.1, 0.15) is 19.0 Å². The number of benzene rings is 1. The van der Waals surface area contributed by atoms with Gasteiger partial charge >= 0.3 is 0 Å². The van der Waals surface area contributed by atoms with E-state index in [0.717, 1.165) is 24.1 Å². The molecule has 0 bridgehead atoms. The number of carbonyl (C=O) groups excluding carboxylic acids is 1. The molecule has 6 nitrogen and oxygen atoms in total. The first-order chi connectivity index (χ1) is 15.9. The molecule has 2 N–H and O–H groups in total. The summed E-state index contributed by atoms with van der Waals surface area (Å²) in [6.45, 7) is 14.4. The van der Waals surface area contributed by atoms with Gasteiger partial charge in [-0.2, -0.15) is 0 Å². The Morgan fingerprint density at radius 3 is 2.41 bits per heavy atom. The molecule has 2 unspecified atom stereocenters. The van der Waals surface area contributed by atoms with Crippen LogP contribution in [0, 0.1) is 22.7 Å². The summed E-state index contributed by atoms with van der Waals surface area (Å²) in [6.07, 6.45) is 4.32. The molecule has 0 fully saturated rings. The van der Waals surface area contributed by atoms with E-state index in [1.807, 2.05) is 18.2 Å². The summed E-state index contributed by atoms with van der Waals surface area (Å²) in [4.78, 5) is 20.8. The lowest BCUT2D eigenvalue weighted by atomic mass is 9.61. The van der Waals surface area contributed by atoms with Crippen molar-refractivity contribution in [2.75, 3.05) is 18.6 Å². The van der Waals surface area contributed by atoms with E-state index in [1.165, 1.54) is 12.4 Å². The Bertz CT molecular complexity index is 969. The van der Waals surface area contributed by atoms with Crippen molar-refractivity contribution in [1.82, 2.24) is 9.97 Å². The molecule has 1 aromatic carbocycles. The fourth-order valence-electron chi connectivity index (χ4n) is 4.15. The van der Waals surface area contributed by atoms with Crippen LogP contribution in [-0.4, -0.2) is 34.9 Å². The molecule has 0 spiro atoms. The van der Waals surface area contributed by atoms with Crippen LogP contribution >= 0.6 is 0 Å². The Morgan fingerprint density at radius 2 is 1.88 bits per heavy atom. The molecule has 34 heavy (non-hydrogen) atoms. The minimum atomic E-state index is -0.619. The normalized spacial score (nSPS) is 14.4. The molecule has 1 heterocycles. The maximum absolute atomic E-state index is 12.7. The molecule has 0 aliphatic heterocycles. The number of carbonyl (C=O) groups is 1. The van der Waals surface area contributed by atoms with Crippen LogP contribution in [0.3, 0.4) is 0 Å². The third-order valence-electron chi connectivity index (χ3n) is 6.83. The standard InChI is InChI=1S/C27H39FN4O2/c1-8-19(15-23(29)26(4,5)6)27(7,18(2)3)20-10-9-11-21(14-20)32-25(33)22-16-31-24(17-30-22)34-13-12-28/h9-11,14,16-19,29H,8,12-13,15H2,1-7H3,(H,32,33). The second-order valence-corrected chi connectivity index (χ2v) is 10.3. The fourth-order valence-corrected chi connectivity index (χ4v) is 4.15. The highest BCUT2D eigenvalue weighted by Crippen LogP contribution is 2.44. The maximum atomic E-state index is 12.7. The molecular formula is C27H39FN4O2. The van der Waals surface area contributed by atoms with Gasteiger partial charge in [-0.1, -0.05) is 67.0 Å². The highest BCUT2D eigenvalue weighted by Gasteiger charge is 2.39. The van der Waals surface area contributed by atoms with Crippen LogP contribution < -0.4 is 10.1 Å². The number of hydrogen-bond donors (Lipinski definition) is 2. The van der Waals surface area contributed by atoms with Gasteiger partial charge in [-0.15, -0.1) is 0 Å². The number of anilines is 1. The molecule has 1 amide bonds. The van der Waals surface area contributed by atoms with E-state index in [4.69, 9.17) is 10.1 Å². The third-order valence-corrected chi connectivity index (χ3v) is 6.83. The van der Waals surface area contributed by atoms with Crippen LogP contribution in [0.1, 0.15) is 77.4 Å². The molecule has 186 valence electrons. The van der Waals surface area contributed by atoms with Gasteiger partial charge in [0, 0.05) is 11.4 Å². The first-order valence-electron chi connectivity index (χ1n) is 11.9. The van der Waals surface area contributed by atoms with Gasteiger partial charge < -0.3 is 15.5 Å². The zero-order valence-corrected chi connectivity index (χ0v) is 21.5. The van der Waals surface area contributed by atoms with Crippen molar-refractivity contribution in [2.24, 2.45) is 17.3 Å². The lowest BCUT2D eigenvalue weighted by molar-refractivity contribution is 0.102. The summed E-state index contributed by atoms with van der Waals surface area (Å²) in [7, 11) is 0. The zero-order valence-electron chi connectivity index (χ0n) is 21.5. The molecule has 7 heteroatoms. The minimum absolute atomic E-state index is 0.102. The van der Waals surface area contributed by atoms with Crippen molar-refractivity contribution in [3.05, 3.63) is 47.9 Å². The van der Waals surface area contributed by atoms with E-state index in [9.17, 15) is 9.18 Å². The van der Waals surface area contributed by atoms with Crippen LogP contribution in [-0.2, 0) is 5.41 Å². The molecule has 2 atom stereocenters. The molecule has 0 saturated heterocycles. The number of halogens is 1. The zero-order chi connectivity index (χ0) is 25.5. The number of rotatable bonds is 11. The van der Waals surface area contributed by atoms with Crippen molar-refractivity contribution in [2.45, 2.75) is 66.7 Å². The Morgan fingerprint density at radius 1 is 1.18 bits per heavy atom. The summed E-state index contributed by atoms with van der Waals surface area (Å²) >= 11 is 0. The van der Waals surface area contributed by atoms with Crippen LogP contribution in [0.5, 0.6) is 5.88 Å². The van der Waals surface area contributed by atoms with Crippen LogP contribution in [0.15, 0.2) is 36.7 Å². The summed E-state index contributed by atoms with van der Waals surface area (Å²) in [5.41, 5.74) is 2.38. The van der Waals surface area contributed by atoms with Crippen LogP contribution in [0.2, 0.25) is 0 Å². The molecule has 0 saturated carbocycles. The molecule has 0 radical (unpaired) electrons. The van der Waals surface area contributed by atoms with Crippen LogP contribution in [0.4, 0.5) is 10.1 Å². The summed E-state index contributed by atoms with van der Waals surface area (Å²) in [6, 6.07) is 7.93. The Labute approximate surface area is 203 Å². The minimum Gasteiger partial charge on any atom is -0.474 e. The summed E-state index contributed by atoms with van der Waals surface area (Å²) in [5, 5.41) is 11.6. The first-order valence-corrected chi connectivity index (χ1v) is 11.9.